The molecule has 4 aromatic rings. The summed E-state index contributed by atoms with van der Waals surface area (Å²) in [6, 6.07) is 18.3. The molecule has 1 aliphatic heterocycles. The van der Waals surface area contributed by atoms with Crippen LogP contribution >= 0.6 is 0 Å². The highest BCUT2D eigenvalue weighted by Crippen LogP contribution is 2.34. The van der Waals surface area contributed by atoms with E-state index in [-0.39, 0.29) is 11.6 Å². The minimum absolute atomic E-state index is 0.111. The number of anilines is 2. The molecule has 0 bridgehead atoms. The molecule has 2 heterocycles. The molecule has 0 saturated heterocycles. The first kappa shape index (κ1) is 31.3. The molecule has 47 heavy (non-hydrogen) atoms. The maximum Gasteiger partial charge on any atom is 0.339 e. The van der Waals surface area contributed by atoms with Gasteiger partial charge in [-0.25, -0.2) is 13.8 Å². The second kappa shape index (κ2) is 13.0. The number of imidazole rings is 1. The van der Waals surface area contributed by atoms with Crippen LogP contribution in [0.25, 0.3) is 11.4 Å². The number of hydrogen-bond acceptors (Lipinski definition) is 7. The Morgan fingerprint density at radius 3 is 2.51 bits per heavy atom. The fourth-order valence-electron chi connectivity index (χ4n) is 5.43. The van der Waals surface area contributed by atoms with Gasteiger partial charge in [0.25, 0.3) is 5.91 Å². The summed E-state index contributed by atoms with van der Waals surface area (Å²) in [5.41, 5.74) is 4.98. The van der Waals surface area contributed by atoms with E-state index in [9.17, 15) is 14.0 Å². The second-order valence-corrected chi connectivity index (χ2v) is 11.5. The number of aromatic nitrogens is 2. The molecule has 0 unspecified atom stereocenters. The van der Waals surface area contributed by atoms with Crippen LogP contribution in [0.2, 0.25) is 0 Å². The Kier molecular flexibility index (Phi) is 8.67. The van der Waals surface area contributed by atoms with Crippen molar-refractivity contribution in [2.45, 2.75) is 25.8 Å². The zero-order chi connectivity index (χ0) is 33.2. The summed E-state index contributed by atoms with van der Waals surface area (Å²) in [5, 5.41) is 12.1. The molecule has 6 rings (SSSR count). The van der Waals surface area contributed by atoms with Crippen LogP contribution in [0, 0.1) is 11.2 Å². The summed E-state index contributed by atoms with van der Waals surface area (Å²) in [6.07, 6.45) is 7.33. The number of rotatable bonds is 10. The summed E-state index contributed by atoms with van der Waals surface area (Å²) in [4.78, 5) is 31.2. The molecule has 1 saturated carbocycles. The average Bonchev–Trinajstić information content (AvgIpc) is 3.89. The Morgan fingerprint density at radius 1 is 1.06 bits per heavy atom. The third kappa shape index (κ3) is 6.40. The minimum atomic E-state index is -0.442. The molecule has 2 N–H and O–H groups in total. The molecule has 2 aliphatic rings. The van der Waals surface area contributed by atoms with Crippen molar-refractivity contribution in [1.29, 1.82) is 5.41 Å². The van der Waals surface area contributed by atoms with Crippen LogP contribution in [-0.4, -0.2) is 59.4 Å². The molecule has 0 atom stereocenters. The molecule has 1 aliphatic carbocycles. The highest BCUT2D eigenvalue weighted by molar-refractivity contribution is 6.13. The lowest BCUT2D eigenvalue weighted by Crippen LogP contribution is -2.27. The van der Waals surface area contributed by atoms with Gasteiger partial charge in [0.2, 0.25) is 0 Å². The van der Waals surface area contributed by atoms with Gasteiger partial charge in [0.15, 0.2) is 0 Å². The maximum atomic E-state index is 14.3. The van der Waals surface area contributed by atoms with Crippen LogP contribution in [0.1, 0.15) is 25.5 Å². The van der Waals surface area contributed by atoms with Gasteiger partial charge in [0, 0.05) is 43.5 Å². The lowest BCUT2D eigenvalue weighted by Gasteiger charge is -2.20. The second-order valence-electron chi connectivity index (χ2n) is 11.5. The van der Waals surface area contributed by atoms with Gasteiger partial charge in [-0.3, -0.25) is 19.7 Å². The highest BCUT2D eigenvalue weighted by atomic mass is 19.1. The lowest BCUT2D eigenvalue weighted by atomic mass is 10.1. The zero-order valence-corrected chi connectivity index (χ0v) is 26.6. The number of nitrogens with zero attached hydrogens (tertiary/aromatic N) is 4. The molecule has 11 heteroatoms. The number of nitrogens with one attached hydrogen (secondary N) is 2. The Balaban J connectivity index is 1.39. The zero-order valence-electron chi connectivity index (χ0n) is 26.6. The van der Waals surface area contributed by atoms with Crippen molar-refractivity contribution < 1.29 is 18.7 Å². The number of fused-ring (bicyclic) bond motifs is 1. The number of carbonyl (C=O) groups is 1. The molecule has 1 aromatic heterocycles. The fourth-order valence-corrected chi connectivity index (χ4v) is 5.43. The van der Waals surface area contributed by atoms with Crippen LogP contribution in [-0.2, 0) is 4.79 Å². The SMILES string of the molecule is COc1ccc(-n2c3c(n(-c4ccc(Oc5cccc(F)c5)cc4)c2=O)C(=N)C(C)=C=CN3)cc1N(C)C(=O)/C=C/CN(C)C1CC1. The third-order valence-electron chi connectivity index (χ3n) is 8.23. The smallest absolute Gasteiger partial charge is 0.339 e. The number of halogens is 1. The predicted octanol–water partition coefficient (Wildman–Crippen LogP) is 6.03. The van der Waals surface area contributed by atoms with E-state index in [4.69, 9.17) is 14.9 Å². The molecular formula is C36H35FN6O4. The number of carbonyl (C=O) groups excluding carboxylic acids is 1. The normalized spacial score (nSPS) is 14.1. The summed E-state index contributed by atoms with van der Waals surface area (Å²) >= 11 is 0. The van der Waals surface area contributed by atoms with Crippen molar-refractivity contribution >= 4 is 23.1 Å². The highest BCUT2D eigenvalue weighted by Gasteiger charge is 2.28. The van der Waals surface area contributed by atoms with Crippen molar-refractivity contribution in [3.05, 3.63) is 118 Å². The maximum absolute atomic E-state index is 14.3. The van der Waals surface area contributed by atoms with Gasteiger partial charge in [-0.2, -0.15) is 0 Å². The molecule has 3 aromatic carbocycles. The lowest BCUT2D eigenvalue weighted by molar-refractivity contribution is -0.113. The van der Waals surface area contributed by atoms with E-state index in [1.54, 1.807) is 80.8 Å². The Hall–Kier alpha value is -5.64. The van der Waals surface area contributed by atoms with Gasteiger partial charge in [0.05, 0.1) is 29.9 Å². The average molecular weight is 635 g/mol. The summed E-state index contributed by atoms with van der Waals surface area (Å²) in [5.74, 6) is 0.952. The van der Waals surface area contributed by atoms with Crippen LogP contribution in [0.15, 0.2) is 101 Å². The van der Waals surface area contributed by atoms with Gasteiger partial charge in [-0.05, 0) is 81.4 Å². The predicted molar refractivity (Wildman–Crippen MR) is 180 cm³/mol. The Labute approximate surface area is 271 Å². The van der Waals surface area contributed by atoms with Crippen molar-refractivity contribution in [3.8, 4) is 28.6 Å². The molecule has 240 valence electrons. The molecule has 0 spiro atoms. The number of hydrogen-bond donors (Lipinski definition) is 2. The molecule has 1 fully saturated rings. The first-order valence-corrected chi connectivity index (χ1v) is 15.2. The largest absolute Gasteiger partial charge is 0.495 e. The first-order valence-electron chi connectivity index (χ1n) is 15.2. The summed E-state index contributed by atoms with van der Waals surface area (Å²) < 4.78 is 28.0. The number of amides is 1. The van der Waals surface area contributed by atoms with Gasteiger partial charge in [0.1, 0.15) is 34.6 Å². The van der Waals surface area contributed by atoms with Crippen molar-refractivity contribution in [2.24, 2.45) is 0 Å². The topological polar surface area (TPSA) is 105 Å². The van der Waals surface area contributed by atoms with E-state index in [0.717, 1.165) is 0 Å². The number of allylic oxidation sites excluding steroid dienone is 1. The van der Waals surface area contributed by atoms with Gasteiger partial charge in [-0.15, -0.1) is 0 Å². The standard InChI is InChI=1S/C36H35FN6O4/c1-23-18-19-39-35-34(33(23)38)42(26-12-15-28(16-13-26)47-29-8-5-7-24(37)21-29)36(45)43(35)27-14-17-31(46-4)30(22-27)41(3)32(44)9-6-20-40(2)25-10-11-25/h5-9,12-17,19,21-22,25,38-39H,10-11,20H2,1-4H3/b9-6+,38-33?. The van der Waals surface area contributed by atoms with Crippen molar-refractivity contribution in [3.63, 3.8) is 0 Å². The van der Waals surface area contributed by atoms with Gasteiger partial charge >= 0.3 is 5.69 Å². The monoisotopic (exact) mass is 634 g/mol. The number of methoxy groups -OCH3 is 1. The molecule has 1 amide bonds. The molecule has 10 nitrogen and oxygen atoms in total. The van der Waals surface area contributed by atoms with E-state index in [1.165, 1.54) is 46.1 Å². The van der Waals surface area contributed by atoms with E-state index < -0.39 is 11.5 Å². The number of ether oxygens (including phenoxy) is 2. The Morgan fingerprint density at radius 2 is 1.81 bits per heavy atom. The van der Waals surface area contributed by atoms with Crippen LogP contribution in [0.3, 0.4) is 0 Å². The van der Waals surface area contributed by atoms with Crippen molar-refractivity contribution in [2.75, 3.05) is 38.0 Å². The number of likely N-dealkylation sites (N-methyl/N-ethyl adjacent to an activating group) is 2. The van der Waals surface area contributed by atoms with Crippen molar-refractivity contribution in [1.82, 2.24) is 14.0 Å². The quantitative estimate of drug-likeness (QED) is 0.163. The van der Waals surface area contributed by atoms with Gasteiger partial charge in [-0.1, -0.05) is 17.9 Å². The minimum Gasteiger partial charge on any atom is -0.495 e. The molecule has 0 radical (unpaired) electrons. The van der Waals surface area contributed by atoms with E-state index >= 15 is 0 Å². The summed E-state index contributed by atoms with van der Waals surface area (Å²) in [7, 11) is 5.23. The van der Waals surface area contributed by atoms with Gasteiger partial charge < -0.3 is 19.7 Å². The van der Waals surface area contributed by atoms with E-state index in [2.05, 4.69) is 15.9 Å². The Bertz CT molecular complexity index is 2020. The van der Waals surface area contributed by atoms with E-state index in [1.807, 2.05) is 13.1 Å². The van der Waals surface area contributed by atoms with Crippen LogP contribution < -0.4 is 25.4 Å². The fraction of sp³-hybridized carbons (Fsp3) is 0.222. The first-order chi connectivity index (χ1) is 22.7. The van der Waals surface area contributed by atoms with Crippen LogP contribution in [0.4, 0.5) is 15.9 Å². The van der Waals surface area contributed by atoms with E-state index in [0.29, 0.717) is 64.0 Å². The summed E-state index contributed by atoms with van der Waals surface area (Å²) in [6.45, 7) is 2.42. The third-order valence-corrected chi connectivity index (χ3v) is 8.23. The molecular weight excluding hydrogens is 599 g/mol. The number of benzene rings is 3. The van der Waals surface area contributed by atoms with Crippen LogP contribution in [0.5, 0.6) is 17.2 Å².